The van der Waals surface area contributed by atoms with E-state index in [4.69, 9.17) is 13.8 Å². The van der Waals surface area contributed by atoms with Crippen molar-refractivity contribution in [1.82, 2.24) is 9.55 Å². The Morgan fingerprint density at radius 2 is 1.89 bits per heavy atom. The first-order chi connectivity index (χ1) is 13.0. The average molecular weight is 426 g/mol. The average Bonchev–Trinajstić information content (AvgIpc) is 2.86. The number of alkyl halides is 2. The molecule has 2 rings (SSSR count). The molecule has 1 aromatic heterocycles. The van der Waals surface area contributed by atoms with Crippen LogP contribution < -0.4 is 11.2 Å². The highest BCUT2D eigenvalue weighted by Gasteiger charge is 2.57. The van der Waals surface area contributed by atoms with Crippen LogP contribution in [0.1, 0.15) is 39.0 Å². The van der Waals surface area contributed by atoms with E-state index < -0.39 is 55.3 Å². The van der Waals surface area contributed by atoms with Crippen molar-refractivity contribution in [2.24, 2.45) is 5.92 Å². The van der Waals surface area contributed by atoms with Gasteiger partial charge in [-0.05, 0) is 20.8 Å². The van der Waals surface area contributed by atoms with Crippen LogP contribution >= 0.6 is 7.60 Å². The minimum atomic E-state index is -4.75. The maximum atomic E-state index is 14.7. The summed E-state index contributed by atoms with van der Waals surface area (Å²) >= 11 is 0. The van der Waals surface area contributed by atoms with Crippen LogP contribution in [0.2, 0.25) is 0 Å². The topological polar surface area (TPSA) is 120 Å². The fourth-order valence-corrected chi connectivity index (χ4v) is 4.56. The van der Waals surface area contributed by atoms with Gasteiger partial charge in [-0.15, -0.1) is 0 Å². The first kappa shape index (κ1) is 22.9. The van der Waals surface area contributed by atoms with Crippen molar-refractivity contribution in [3.05, 3.63) is 32.6 Å². The van der Waals surface area contributed by atoms with Crippen molar-refractivity contribution in [1.29, 1.82) is 0 Å². The molecule has 1 saturated heterocycles. The Balaban J connectivity index is 2.29. The summed E-state index contributed by atoms with van der Waals surface area (Å²) in [4.78, 5) is 25.6. The molecule has 1 fully saturated rings. The molecular weight excluding hydrogens is 401 g/mol. The summed E-state index contributed by atoms with van der Waals surface area (Å²) in [5.74, 6) is -0.813. The van der Waals surface area contributed by atoms with E-state index >= 15 is 0 Å². The van der Waals surface area contributed by atoms with Gasteiger partial charge in [0, 0.05) is 17.7 Å². The van der Waals surface area contributed by atoms with E-state index in [-0.39, 0.29) is 18.8 Å². The van der Waals surface area contributed by atoms with Gasteiger partial charge in [-0.2, -0.15) is 8.78 Å². The van der Waals surface area contributed by atoms with Crippen molar-refractivity contribution in [2.45, 2.75) is 58.2 Å². The molecule has 1 aliphatic heterocycles. The van der Waals surface area contributed by atoms with E-state index in [1.807, 2.05) is 0 Å². The van der Waals surface area contributed by atoms with Gasteiger partial charge in [0.05, 0.1) is 25.7 Å². The number of hydrogen-bond acceptors (Lipinski definition) is 7. The van der Waals surface area contributed by atoms with Crippen molar-refractivity contribution >= 4 is 7.60 Å². The fourth-order valence-electron chi connectivity index (χ4n) is 3.02. The number of aromatic amines is 1. The molecule has 28 heavy (non-hydrogen) atoms. The third kappa shape index (κ3) is 4.28. The van der Waals surface area contributed by atoms with E-state index in [0.29, 0.717) is 0 Å². The molecule has 4 atom stereocenters. The molecule has 0 bridgehead atoms. The predicted octanol–water partition coefficient (Wildman–Crippen LogP) is 1.99. The van der Waals surface area contributed by atoms with Crippen molar-refractivity contribution in [3.63, 3.8) is 0 Å². The number of rotatable bonds is 8. The van der Waals surface area contributed by atoms with Crippen LogP contribution in [0.3, 0.4) is 0 Å². The number of halogens is 2. The Hall–Kier alpha value is -1.39. The summed E-state index contributed by atoms with van der Waals surface area (Å²) in [7, 11) is -4.75. The Morgan fingerprint density at radius 1 is 1.32 bits per heavy atom. The van der Waals surface area contributed by atoms with Gasteiger partial charge >= 0.3 is 18.9 Å². The predicted molar refractivity (Wildman–Crippen MR) is 95.6 cm³/mol. The normalized spacial score (nSPS) is 26.0. The summed E-state index contributed by atoms with van der Waals surface area (Å²) in [5.41, 5.74) is -5.11. The lowest BCUT2D eigenvalue weighted by Gasteiger charge is -2.28. The van der Waals surface area contributed by atoms with Gasteiger partial charge in [-0.3, -0.25) is 18.9 Å². The first-order valence-corrected chi connectivity index (χ1v) is 10.4. The van der Waals surface area contributed by atoms with Gasteiger partial charge in [0.15, 0.2) is 6.23 Å². The Bertz CT molecular complexity index is 846. The van der Waals surface area contributed by atoms with E-state index in [2.05, 4.69) is 4.98 Å². The number of aromatic nitrogens is 2. The quantitative estimate of drug-likeness (QED) is 0.610. The smallest absolute Gasteiger partial charge is 0.388 e. The largest absolute Gasteiger partial charge is 0.399 e. The Kier molecular flexibility index (Phi) is 6.99. The van der Waals surface area contributed by atoms with Crippen molar-refractivity contribution < 1.29 is 32.2 Å². The third-order valence-electron chi connectivity index (χ3n) is 4.60. The molecule has 1 aromatic rings. The summed E-state index contributed by atoms with van der Waals surface area (Å²) < 4.78 is 57.9. The van der Waals surface area contributed by atoms with Gasteiger partial charge in [0.25, 0.3) is 5.56 Å². The molecule has 2 N–H and O–H groups in total. The van der Waals surface area contributed by atoms with Gasteiger partial charge in [-0.25, -0.2) is 4.79 Å². The number of ether oxygens (including phenoxy) is 1. The van der Waals surface area contributed by atoms with Gasteiger partial charge in [0.1, 0.15) is 6.10 Å². The SMILES string of the molecule is CCOP(=O)(OCC)C(F)(F)CC1OC(n2cc(C)c(=O)[nH]c2=O)C(O)C1C. The molecule has 0 radical (unpaired) electrons. The van der Waals surface area contributed by atoms with E-state index in [1.54, 1.807) is 0 Å². The number of aliphatic hydroxyl groups is 1. The highest BCUT2D eigenvalue weighted by atomic mass is 31.2. The summed E-state index contributed by atoms with van der Waals surface area (Å²) in [5, 5.41) is 10.4. The number of hydrogen-bond donors (Lipinski definition) is 2. The fraction of sp³-hybridized carbons (Fsp3) is 0.750. The van der Waals surface area contributed by atoms with Crippen molar-refractivity contribution in [3.8, 4) is 0 Å². The number of aryl methyl sites for hydroxylation is 1. The van der Waals surface area contributed by atoms with Gasteiger partial charge < -0.3 is 18.9 Å². The van der Waals surface area contributed by atoms with Crippen LogP contribution in [0.4, 0.5) is 8.78 Å². The Labute approximate surface area is 160 Å². The standard InChI is InChI=1S/C16H25F2N2O7P/c1-5-25-28(24,26-6-2)16(17,18)7-11-10(4)12(21)14(27-11)20-8-9(3)13(22)19-15(20)23/h8,10-12,14,21H,5-7H2,1-4H3,(H,19,22,23). The maximum Gasteiger partial charge on any atom is 0.399 e. The molecule has 4 unspecified atom stereocenters. The zero-order chi connectivity index (χ0) is 21.3. The molecule has 12 heteroatoms. The van der Waals surface area contributed by atoms with Crippen LogP contribution in [0, 0.1) is 12.8 Å². The molecule has 0 aromatic carbocycles. The zero-order valence-electron chi connectivity index (χ0n) is 16.1. The van der Waals surface area contributed by atoms with Gasteiger partial charge in [-0.1, -0.05) is 6.92 Å². The zero-order valence-corrected chi connectivity index (χ0v) is 16.9. The number of nitrogens with zero attached hydrogens (tertiary/aromatic N) is 1. The third-order valence-corrected chi connectivity index (χ3v) is 6.78. The second-order valence-electron chi connectivity index (χ2n) is 6.60. The van der Waals surface area contributed by atoms with Crippen LogP contribution in [-0.2, 0) is 18.3 Å². The molecule has 0 saturated carbocycles. The van der Waals surface area contributed by atoms with E-state index in [1.165, 1.54) is 33.9 Å². The van der Waals surface area contributed by atoms with Crippen LogP contribution in [0.5, 0.6) is 0 Å². The lowest BCUT2D eigenvalue weighted by molar-refractivity contribution is -0.0697. The maximum absolute atomic E-state index is 14.7. The number of nitrogens with one attached hydrogen (secondary N) is 1. The lowest BCUT2D eigenvalue weighted by atomic mass is 9.98. The molecule has 0 aliphatic carbocycles. The van der Waals surface area contributed by atoms with Crippen LogP contribution in [0.15, 0.2) is 15.8 Å². The molecule has 0 spiro atoms. The monoisotopic (exact) mass is 426 g/mol. The molecule has 2 heterocycles. The molecular formula is C16H25F2N2O7P. The molecule has 9 nitrogen and oxygen atoms in total. The second kappa shape index (κ2) is 8.54. The Morgan fingerprint density at radius 3 is 2.43 bits per heavy atom. The van der Waals surface area contributed by atoms with Crippen LogP contribution in [-0.4, -0.2) is 45.7 Å². The van der Waals surface area contributed by atoms with Gasteiger partial charge in [0.2, 0.25) is 0 Å². The molecule has 1 aliphatic rings. The number of H-pyrrole nitrogens is 1. The van der Waals surface area contributed by atoms with E-state index in [0.717, 1.165) is 4.57 Å². The van der Waals surface area contributed by atoms with Crippen LogP contribution in [0.25, 0.3) is 0 Å². The minimum absolute atomic E-state index is 0.189. The summed E-state index contributed by atoms with van der Waals surface area (Å²) in [6.07, 6.45) is -3.66. The second-order valence-corrected chi connectivity index (χ2v) is 8.76. The number of aliphatic hydroxyl groups excluding tert-OH is 1. The highest BCUT2D eigenvalue weighted by molar-refractivity contribution is 7.55. The van der Waals surface area contributed by atoms with Crippen molar-refractivity contribution in [2.75, 3.05) is 13.2 Å². The summed E-state index contributed by atoms with van der Waals surface area (Å²) in [6.45, 7) is 5.30. The molecule has 0 amide bonds. The lowest BCUT2D eigenvalue weighted by Crippen LogP contribution is -2.37. The highest BCUT2D eigenvalue weighted by Crippen LogP contribution is 2.64. The molecule has 160 valence electrons. The minimum Gasteiger partial charge on any atom is -0.388 e. The summed E-state index contributed by atoms with van der Waals surface area (Å²) in [6, 6.07) is 0. The first-order valence-electron chi connectivity index (χ1n) is 8.90. The van der Waals surface area contributed by atoms with E-state index in [9.17, 15) is 28.0 Å².